The lowest BCUT2D eigenvalue weighted by molar-refractivity contribution is -0.147. The van der Waals surface area contributed by atoms with Gasteiger partial charge < -0.3 is 14.2 Å². The molecule has 0 aromatic heterocycles. The van der Waals surface area contributed by atoms with Crippen LogP contribution in [-0.2, 0) is 30.9 Å². The van der Waals surface area contributed by atoms with Gasteiger partial charge in [0.1, 0.15) is 5.75 Å². The molecule has 0 saturated carbocycles. The van der Waals surface area contributed by atoms with Gasteiger partial charge in [-0.3, -0.25) is 9.59 Å². The molecule has 0 aliphatic heterocycles. The minimum absolute atomic E-state index is 0.176. The lowest BCUT2D eigenvalue weighted by atomic mass is 9.99. The van der Waals surface area contributed by atoms with Crippen LogP contribution >= 0.6 is 0 Å². The van der Waals surface area contributed by atoms with E-state index >= 15 is 0 Å². The third-order valence-corrected chi connectivity index (χ3v) is 3.37. The zero-order valence-corrected chi connectivity index (χ0v) is 14.2. The van der Waals surface area contributed by atoms with E-state index < -0.39 is 22.0 Å². The Hall–Kier alpha value is -2.09. The van der Waals surface area contributed by atoms with Crippen LogP contribution in [-0.4, -0.2) is 39.7 Å². The highest BCUT2D eigenvalue weighted by molar-refractivity contribution is 7.86. The molecule has 0 bridgehead atoms. The summed E-state index contributed by atoms with van der Waals surface area (Å²) in [5.74, 6) is -0.930. The molecule has 1 atom stereocenters. The maximum atomic E-state index is 11.9. The van der Waals surface area contributed by atoms with Gasteiger partial charge in [0.05, 0.1) is 18.8 Å². The quantitative estimate of drug-likeness (QED) is 0.556. The number of hydrogen-bond acceptors (Lipinski definition) is 6. The number of nitrogens with one attached hydrogen (secondary N) is 1. The monoisotopic (exact) mass is 343 g/mol. The Morgan fingerprint density at radius 3 is 2.30 bits per heavy atom. The average molecular weight is 343 g/mol. The largest absolute Gasteiger partial charge is 0.466 e. The normalized spacial score (nSPS) is 12.3. The van der Waals surface area contributed by atoms with Crippen LogP contribution in [0.1, 0.15) is 19.4 Å². The van der Waals surface area contributed by atoms with Crippen molar-refractivity contribution in [1.29, 1.82) is 0 Å². The predicted molar refractivity (Wildman–Crippen MR) is 84.4 cm³/mol. The zero-order valence-electron chi connectivity index (χ0n) is 13.4. The van der Waals surface area contributed by atoms with Crippen LogP contribution in [0, 0.1) is 5.92 Å². The second-order valence-electron chi connectivity index (χ2n) is 5.02. The minimum atomic E-state index is -3.57. The van der Waals surface area contributed by atoms with E-state index in [2.05, 4.69) is 5.32 Å². The molecule has 0 fully saturated rings. The first kappa shape index (κ1) is 19.0. The fourth-order valence-electron chi connectivity index (χ4n) is 1.91. The van der Waals surface area contributed by atoms with Crippen molar-refractivity contribution in [2.75, 3.05) is 19.4 Å². The molecule has 128 valence electrons. The van der Waals surface area contributed by atoms with Crippen molar-refractivity contribution < 1.29 is 26.9 Å². The van der Waals surface area contributed by atoms with Crippen molar-refractivity contribution in [2.45, 2.75) is 20.3 Å². The molecule has 1 unspecified atom stereocenters. The summed E-state index contributed by atoms with van der Waals surface area (Å²) >= 11 is 0. The van der Waals surface area contributed by atoms with Gasteiger partial charge in [0.25, 0.3) is 0 Å². The van der Waals surface area contributed by atoms with E-state index in [-0.39, 0.29) is 24.8 Å². The van der Waals surface area contributed by atoms with Crippen LogP contribution in [0.5, 0.6) is 5.75 Å². The molecule has 0 radical (unpaired) electrons. The van der Waals surface area contributed by atoms with Crippen molar-refractivity contribution in [3.8, 4) is 5.75 Å². The standard InChI is InChI=1S/C15H21NO6S/c1-4-21-15(18)13(10-16-11(2)17)9-12-5-7-14(8-6-12)22-23(3,19)20/h5-8,13H,4,9-10H2,1-3H3,(H,16,17). The molecule has 1 aromatic carbocycles. The van der Waals surface area contributed by atoms with Crippen molar-refractivity contribution in [3.05, 3.63) is 29.8 Å². The van der Waals surface area contributed by atoms with E-state index in [1.165, 1.54) is 19.1 Å². The summed E-state index contributed by atoms with van der Waals surface area (Å²) in [4.78, 5) is 23.0. The molecule has 1 rings (SSSR count). The predicted octanol–water partition coefficient (Wildman–Crippen LogP) is 0.883. The molecule has 8 heteroatoms. The van der Waals surface area contributed by atoms with Gasteiger partial charge in [-0.15, -0.1) is 0 Å². The number of hydrogen-bond donors (Lipinski definition) is 1. The zero-order chi connectivity index (χ0) is 17.5. The Morgan fingerprint density at radius 1 is 1.22 bits per heavy atom. The maximum Gasteiger partial charge on any atom is 0.311 e. The number of ether oxygens (including phenoxy) is 1. The fourth-order valence-corrected chi connectivity index (χ4v) is 2.37. The number of amides is 1. The Labute approximate surface area is 136 Å². The number of carbonyl (C=O) groups excluding carboxylic acids is 2. The second-order valence-corrected chi connectivity index (χ2v) is 6.60. The molecule has 23 heavy (non-hydrogen) atoms. The summed E-state index contributed by atoms with van der Waals surface area (Å²) < 4.78 is 31.9. The maximum absolute atomic E-state index is 11.9. The van der Waals surface area contributed by atoms with Gasteiger partial charge in [-0.25, -0.2) is 0 Å². The summed E-state index contributed by atoms with van der Waals surface area (Å²) in [6.45, 7) is 3.52. The smallest absolute Gasteiger partial charge is 0.311 e. The Balaban J connectivity index is 2.77. The summed E-state index contributed by atoms with van der Waals surface area (Å²) in [7, 11) is -3.57. The first-order chi connectivity index (χ1) is 10.7. The summed E-state index contributed by atoms with van der Waals surface area (Å²) in [5, 5.41) is 2.60. The topological polar surface area (TPSA) is 98.8 Å². The Morgan fingerprint density at radius 2 is 1.83 bits per heavy atom. The van der Waals surface area contributed by atoms with Crippen molar-refractivity contribution in [2.24, 2.45) is 5.92 Å². The Bertz CT molecular complexity index is 638. The molecule has 7 nitrogen and oxygen atoms in total. The van der Waals surface area contributed by atoms with Gasteiger partial charge in [-0.1, -0.05) is 12.1 Å². The van der Waals surface area contributed by atoms with Gasteiger partial charge >= 0.3 is 16.1 Å². The van der Waals surface area contributed by atoms with Crippen molar-refractivity contribution >= 4 is 22.0 Å². The van der Waals surface area contributed by atoms with Crippen molar-refractivity contribution in [3.63, 3.8) is 0 Å². The van der Waals surface area contributed by atoms with E-state index in [4.69, 9.17) is 8.92 Å². The molecule has 0 heterocycles. The van der Waals surface area contributed by atoms with Crippen LogP contribution < -0.4 is 9.50 Å². The fraction of sp³-hybridized carbons (Fsp3) is 0.467. The summed E-state index contributed by atoms with van der Waals surface area (Å²) in [6.07, 6.45) is 1.32. The molecule has 0 saturated heterocycles. The molecule has 1 aromatic rings. The molecule has 1 amide bonds. The van der Waals surface area contributed by atoms with Crippen molar-refractivity contribution in [1.82, 2.24) is 5.32 Å². The summed E-state index contributed by atoms with van der Waals surface area (Å²) in [6, 6.07) is 6.36. The van der Waals surface area contributed by atoms with E-state index in [9.17, 15) is 18.0 Å². The number of rotatable bonds is 8. The van der Waals surface area contributed by atoms with Crippen LogP contribution in [0.25, 0.3) is 0 Å². The van der Waals surface area contributed by atoms with E-state index in [1.54, 1.807) is 19.1 Å². The highest BCUT2D eigenvalue weighted by Crippen LogP contribution is 2.17. The van der Waals surface area contributed by atoms with Crippen LogP contribution in [0.15, 0.2) is 24.3 Å². The Kier molecular flexibility index (Phi) is 7.02. The van der Waals surface area contributed by atoms with Gasteiger partial charge in [0.15, 0.2) is 0 Å². The molecule has 0 aliphatic carbocycles. The van der Waals surface area contributed by atoms with Gasteiger partial charge in [-0.05, 0) is 31.0 Å². The van der Waals surface area contributed by atoms with E-state index in [1.807, 2.05) is 0 Å². The number of benzene rings is 1. The van der Waals surface area contributed by atoms with Gasteiger partial charge in [0.2, 0.25) is 5.91 Å². The first-order valence-electron chi connectivity index (χ1n) is 7.10. The van der Waals surface area contributed by atoms with Crippen LogP contribution in [0.2, 0.25) is 0 Å². The lowest BCUT2D eigenvalue weighted by Crippen LogP contribution is -2.33. The molecular formula is C15H21NO6S. The molecule has 0 aliphatic rings. The van der Waals surface area contributed by atoms with Gasteiger partial charge in [-0.2, -0.15) is 8.42 Å². The summed E-state index contributed by atoms with van der Waals surface area (Å²) in [5.41, 5.74) is 0.800. The number of carbonyl (C=O) groups is 2. The third kappa shape index (κ3) is 7.64. The SMILES string of the molecule is CCOC(=O)C(CNC(C)=O)Cc1ccc(OS(C)(=O)=O)cc1. The third-order valence-electron chi connectivity index (χ3n) is 2.87. The van der Waals surface area contributed by atoms with Gasteiger partial charge in [0, 0.05) is 13.5 Å². The lowest BCUT2D eigenvalue weighted by Gasteiger charge is -2.16. The minimum Gasteiger partial charge on any atom is -0.466 e. The first-order valence-corrected chi connectivity index (χ1v) is 8.92. The highest BCUT2D eigenvalue weighted by Gasteiger charge is 2.20. The molecular weight excluding hydrogens is 322 g/mol. The molecule has 0 spiro atoms. The number of esters is 1. The highest BCUT2D eigenvalue weighted by atomic mass is 32.2. The molecule has 1 N–H and O–H groups in total. The van der Waals surface area contributed by atoms with E-state index in [0.717, 1.165) is 11.8 Å². The van der Waals surface area contributed by atoms with E-state index in [0.29, 0.717) is 6.42 Å². The van der Waals surface area contributed by atoms with Crippen LogP contribution in [0.3, 0.4) is 0 Å². The van der Waals surface area contributed by atoms with Crippen LogP contribution in [0.4, 0.5) is 0 Å². The average Bonchev–Trinajstić information content (AvgIpc) is 2.43. The second kappa shape index (κ2) is 8.52.